The average Bonchev–Trinajstić information content (AvgIpc) is 2.71. The zero-order valence-corrected chi connectivity index (χ0v) is 9.76. The number of carbonyl (C=O) groups is 1. The molecule has 0 radical (unpaired) electrons. The lowest BCUT2D eigenvalue weighted by Crippen LogP contribution is -2.46. The predicted octanol–water partition coefficient (Wildman–Crippen LogP) is 1.15. The number of rotatable bonds is 3. The summed E-state index contributed by atoms with van der Waals surface area (Å²) in [7, 11) is 0. The molecule has 82 valence electrons. The van der Waals surface area contributed by atoms with Gasteiger partial charge in [0.15, 0.2) is 0 Å². The summed E-state index contributed by atoms with van der Waals surface area (Å²) in [5.41, 5.74) is 2.75. The maximum Gasteiger partial charge on any atom is 0.321 e. The van der Waals surface area contributed by atoms with Crippen LogP contribution in [-0.2, 0) is 11.3 Å². The molecular weight excluding hydrogens is 232 g/mol. The highest BCUT2D eigenvalue weighted by molar-refractivity contribution is 7.99. The number of thioether (sulfide) groups is 1. The average molecular weight is 244 g/mol. The fraction of sp³-hybridized carbons (Fsp3) is 0.556. The second-order valence-electron chi connectivity index (χ2n) is 3.38. The van der Waals surface area contributed by atoms with Crippen molar-refractivity contribution in [2.24, 2.45) is 0 Å². The van der Waals surface area contributed by atoms with Gasteiger partial charge in [-0.25, -0.2) is 4.98 Å². The number of nitrogens with zero attached hydrogens (tertiary/aromatic N) is 2. The minimum absolute atomic E-state index is 0.356. The molecule has 1 atom stereocenters. The smallest absolute Gasteiger partial charge is 0.321 e. The van der Waals surface area contributed by atoms with Crippen molar-refractivity contribution in [2.45, 2.75) is 12.6 Å². The largest absolute Gasteiger partial charge is 0.480 e. The van der Waals surface area contributed by atoms with Gasteiger partial charge in [-0.05, 0) is 0 Å². The van der Waals surface area contributed by atoms with Crippen molar-refractivity contribution < 1.29 is 9.90 Å². The first-order valence-corrected chi connectivity index (χ1v) is 6.79. The molecule has 1 saturated heterocycles. The molecule has 0 spiro atoms. The SMILES string of the molecule is O=C(O)C1CSCCN1Cc1cscn1. The molecule has 1 aliphatic heterocycles. The molecule has 0 bridgehead atoms. The molecule has 2 heterocycles. The Morgan fingerprint density at radius 2 is 2.60 bits per heavy atom. The van der Waals surface area contributed by atoms with Crippen molar-refractivity contribution in [3.63, 3.8) is 0 Å². The van der Waals surface area contributed by atoms with Gasteiger partial charge >= 0.3 is 5.97 Å². The molecule has 1 N–H and O–H groups in total. The van der Waals surface area contributed by atoms with Crippen molar-refractivity contribution in [3.8, 4) is 0 Å². The fourth-order valence-corrected chi connectivity index (χ4v) is 3.23. The Morgan fingerprint density at radius 3 is 3.27 bits per heavy atom. The molecule has 0 amide bonds. The van der Waals surface area contributed by atoms with Crippen molar-refractivity contribution in [1.29, 1.82) is 0 Å². The zero-order chi connectivity index (χ0) is 10.7. The summed E-state index contributed by atoms with van der Waals surface area (Å²) in [6.45, 7) is 1.49. The van der Waals surface area contributed by atoms with E-state index in [1.165, 1.54) is 0 Å². The fourth-order valence-electron chi connectivity index (χ4n) is 1.58. The third-order valence-electron chi connectivity index (χ3n) is 2.37. The van der Waals surface area contributed by atoms with Gasteiger partial charge in [-0.3, -0.25) is 9.69 Å². The van der Waals surface area contributed by atoms with E-state index in [4.69, 9.17) is 5.11 Å². The van der Waals surface area contributed by atoms with Crippen LogP contribution in [0.25, 0.3) is 0 Å². The number of aromatic nitrogens is 1. The van der Waals surface area contributed by atoms with E-state index < -0.39 is 5.97 Å². The second-order valence-corrected chi connectivity index (χ2v) is 5.25. The summed E-state index contributed by atoms with van der Waals surface area (Å²) >= 11 is 3.25. The van der Waals surface area contributed by atoms with Crippen molar-refractivity contribution in [2.75, 3.05) is 18.1 Å². The molecule has 1 aromatic heterocycles. The van der Waals surface area contributed by atoms with E-state index >= 15 is 0 Å². The van der Waals surface area contributed by atoms with E-state index in [0.29, 0.717) is 12.3 Å². The van der Waals surface area contributed by atoms with Crippen LogP contribution < -0.4 is 0 Å². The van der Waals surface area contributed by atoms with Crippen LogP contribution in [0.3, 0.4) is 0 Å². The lowest BCUT2D eigenvalue weighted by atomic mass is 10.2. The highest BCUT2D eigenvalue weighted by Gasteiger charge is 2.28. The maximum atomic E-state index is 11.0. The Labute approximate surface area is 96.3 Å². The maximum absolute atomic E-state index is 11.0. The molecule has 6 heteroatoms. The number of carboxylic acid groups (broad SMARTS) is 1. The van der Waals surface area contributed by atoms with Crippen LogP contribution in [0.4, 0.5) is 0 Å². The summed E-state index contributed by atoms with van der Waals surface area (Å²) < 4.78 is 0. The van der Waals surface area contributed by atoms with Crippen LogP contribution in [-0.4, -0.2) is 45.1 Å². The molecule has 1 aliphatic rings. The minimum Gasteiger partial charge on any atom is -0.480 e. The number of hydrogen-bond donors (Lipinski definition) is 1. The minimum atomic E-state index is -0.725. The highest BCUT2D eigenvalue weighted by atomic mass is 32.2. The van der Waals surface area contributed by atoms with E-state index in [2.05, 4.69) is 4.98 Å². The molecule has 1 aromatic rings. The first-order valence-electron chi connectivity index (χ1n) is 4.69. The third-order valence-corrected chi connectivity index (χ3v) is 4.03. The van der Waals surface area contributed by atoms with Gasteiger partial charge in [-0.15, -0.1) is 11.3 Å². The van der Waals surface area contributed by atoms with Gasteiger partial charge in [0.25, 0.3) is 0 Å². The Hall–Kier alpha value is -0.590. The molecule has 15 heavy (non-hydrogen) atoms. The molecule has 4 nitrogen and oxygen atoms in total. The summed E-state index contributed by atoms with van der Waals surface area (Å²) in [6.07, 6.45) is 0. The van der Waals surface area contributed by atoms with Gasteiger partial charge in [0.05, 0.1) is 11.2 Å². The standard InChI is InChI=1S/C9H12N2O2S2/c12-9(13)8-5-14-2-1-11(8)3-7-4-15-6-10-7/h4,6,8H,1-3,5H2,(H,12,13). The van der Waals surface area contributed by atoms with Crippen molar-refractivity contribution in [3.05, 3.63) is 16.6 Å². The number of hydrogen-bond acceptors (Lipinski definition) is 5. The Morgan fingerprint density at radius 1 is 1.73 bits per heavy atom. The molecule has 0 aromatic carbocycles. The summed E-state index contributed by atoms with van der Waals surface area (Å²) in [5.74, 6) is 0.963. The monoisotopic (exact) mass is 244 g/mol. The number of aliphatic carboxylic acids is 1. The van der Waals surface area contributed by atoms with E-state index in [1.807, 2.05) is 10.3 Å². The second kappa shape index (κ2) is 4.96. The molecular formula is C9H12N2O2S2. The molecule has 1 fully saturated rings. The van der Waals surface area contributed by atoms with Crippen LogP contribution in [0.15, 0.2) is 10.9 Å². The molecule has 2 rings (SSSR count). The van der Waals surface area contributed by atoms with Gasteiger partial charge in [0.1, 0.15) is 6.04 Å². The number of carboxylic acids is 1. The normalized spacial score (nSPS) is 22.8. The molecule has 1 unspecified atom stereocenters. The first kappa shape index (κ1) is 10.9. The topological polar surface area (TPSA) is 53.4 Å². The van der Waals surface area contributed by atoms with Gasteiger partial charge in [0.2, 0.25) is 0 Å². The van der Waals surface area contributed by atoms with Gasteiger partial charge in [0, 0.05) is 30.0 Å². The Bertz CT molecular complexity index is 329. The van der Waals surface area contributed by atoms with Crippen molar-refractivity contribution >= 4 is 29.1 Å². The summed E-state index contributed by atoms with van der Waals surface area (Å²) in [4.78, 5) is 17.2. The van der Waals surface area contributed by atoms with Gasteiger partial charge in [-0.1, -0.05) is 0 Å². The van der Waals surface area contributed by atoms with E-state index in [1.54, 1.807) is 28.6 Å². The molecule has 0 saturated carbocycles. The van der Waals surface area contributed by atoms with E-state index in [-0.39, 0.29) is 6.04 Å². The Kier molecular flexibility index (Phi) is 3.61. The summed E-state index contributed by atoms with van der Waals surface area (Å²) in [5, 5.41) is 11.0. The van der Waals surface area contributed by atoms with Crippen LogP contribution in [0, 0.1) is 0 Å². The lowest BCUT2D eigenvalue weighted by Gasteiger charge is -2.31. The van der Waals surface area contributed by atoms with E-state index in [0.717, 1.165) is 18.0 Å². The highest BCUT2D eigenvalue weighted by Crippen LogP contribution is 2.19. The zero-order valence-electron chi connectivity index (χ0n) is 8.13. The first-order chi connectivity index (χ1) is 7.27. The predicted molar refractivity (Wildman–Crippen MR) is 61.3 cm³/mol. The van der Waals surface area contributed by atoms with Crippen LogP contribution in [0.5, 0.6) is 0 Å². The molecule has 0 aliphatic carbocycles. The van der Waals surface area contributed by atoms with Crippen molar-refractivity contribution in [1.82, 2.24) is 9.88 Å². The van der Waals surface area contributed by atoms with Crippen LogP contribution in [0.1, 0.15) is 5.69 Å². The van der Waals surface area contributed by atoms with Crippen LogP contribution >= 0.6 is 23.1 Å². The van der Waals surface area contributed by atoms with E-state index in [9.17, 15) is 4.79 Å². The summed E-state index contributed by atoms with van der Waals surface area (Å²) in [6, 6.07) is -0.356. The van der Waals surface area contributed by atoms with Crippen LogP contribution in [0.2, 0.25) is 0 Å². The lowest BCUT2D eigenvalue weighted by molar-refractivity contribution is -0.142. The van der Waals surface area contributed by atoms with Gasteiger partial charge in [-0.2, -0.15) is 11.8 Å². The number of thiazole rings is 1. The van der Waals surface area contributed by atoms with Gasteiger partial charge < -0.3 is 5.11 Å². The Balaban J connectivity index is 2.02. The third kappa shape index (κ3) is 2.70. The quantitative estimate of drug-likeness (QED) is 0.864.